The highest BCUT2D eigenvalue weighted by Gasteiger charge is 2.32. The van der Waals surface area contributed by atoms with Gasteiger partial charge in [0.05, 0.1) is 23.1 Å². The molecule has 1 N–H and O–H groups in total. The third-order valence-electron chi connectivity index (χ3n) is 7.04. The number of nitrogens with zero attached hydrogens (tertiary/aromatic N) is 4. The second kappa shape index (κ2) is 12.1. The van der Waals surface area contributed by atoms with E-state index in [1.807, 2.05) is 20.8 Å². The summed E-state index contributed by atoms with van der Waals surface area (Å²) in [5.41, 5.74) is 1.51. The number of benzene rings is 1. The van der Waals surface area contributed by atoms with E-state index in [0.29, 0.717) is 43.7 Å². The summed E-state index contributed by atoms with van der Waals surface area (Å²) < 4.78 is 20.9. The number of piperidine rings is 2. The molecule has 1 aromatic heterocycles. The molecule has 2 aliphatic heterocycles. The average Bonchev–Trinajstić information content (AvgIpc) is 3.32. The van der Waals surface area contributed by atoms with E-state index in [9.17, 15) is 14.0 Å². The second-order valence-electron chi connectivity index (χ2n) is 11.1. The van der Waals surface area contributed by atoms with Crippen LogP contribution in [0.2, 0.25) is 0 Å². The van der Waals surface area contributed by atoms with E-state index in [1.54, 1.807) is 27.9 Å². The fraction of sp³-hybridized carbons (Fsp3) is 0.607. The fourth-order valence-corrected chi connectivity index (χ4v) is 5.16. The van der Waals surface area contributed by atoms with Crippen molar-refractivity contribution >= 4 is 12.0 Å². The first-order valence-corrected chi connectivity index (χ1v) is 13.5. The van der Waals surface area contributed by atoms with Crippen LogP contribution in [0.3, 0.4) is 0 Å². The van der Waals surface area contributed by atoms with Gasteiger partial charge in [0.2, 0.25) is 0 Å². The van der Waals surface area contributed by atoms with Gasteiger partial charge < -0.3 is 19.9 Å². The normalized spacial score (nSPS) is 17.6. The van der Waals surface area contributed by atoms with Gasteiger partial charge in [0, 0.05) is 25.6 Å². The minimum Gasteiger partial charge on any atom is -0.444 e. The number of amides is 2. The van der Waals surface area contributed by atoms with Gasteiger partial charge in [-0.3, -0.25) is 4.79 Å². The van der Waals surface area contributed by atoms with Gasteiger partial charge in [0.1, 0.15) is 11.4 Å². The van der Waals surface area contributed by atoms with Crippen LogP contribution in [0.4, 0.5) is 9.18 Å². The molecule has 0 unspecified atom stereocenters. The molecule has 0 aliphatic carbocycles. The fourth-order valence-electron chi connectivity index (χ4n) is 5.16. The minimum atomic E-state index is -0.547. The highest BCUT2D eigenvalue weighted by atomic mass is 19.1. The Bertz CT molecular complexity index is 1050. The maximum absolute atomic E-state index is 13.6. The van der Waals surface area contributed by atoms with Gasteiger partial charge in [0.15, 0.2) is 0 Å². The quantitative estimate of drug-likeness (QED) is 0.542. The number of rotatable bonds is 7. The zero-order chi connectivity index (χ0) is 26.4. The summed E-state index contributed by atoms with van der Waals surface area (Å²) in [5.74, 6) is -0.438. The molecule has 0 atom stereocenters. The van der Waals surface area contributed by atoms with Crippen LogP contribution in [0, 0.1) is 5.82 Å². The lowest BCUT2D eigenvalue weighted by Crippen LogP contribution is -2.41. The van der Waals surface area contributed by atoms with Crippen molar-refractivity contribution in [3.8, 4) is 5.69 Å². The van der Waals surface area contributed by atoms with Gasteiger partial charge in [-0.2, -0.15) is 5.10 Å². The Morgan fingerprint density at radius 2 is 1.73 bits per heavy atom. The Morgan fingerprint density at radius 3 is 2.38 bits per heavy atom. The summed E-state index contributed by atoms with van der Waals surface area (Å²) in [5, 5.41) is 7.62. The molecule has 3 heterocycles. The van der Waals surface area contributed by atoms with Gasteiger partial charge in [-0.05, 0) is 96.8 Å². The lowest BCUT2D eigenvalue weighted by molar-refractivity contribution is 0.0203. The molecule has 2 saturated heterocycles. The summed E-state index contributed by atoms with van der Waals surface area (Å²) in [6.07, 6.45) is 7.38. The number of ether oxygens (including phenoxy) is 1. The summed E-state index contributed by atoms with van der Waals surface area (Å²) >= 11 is 0. The van der Waals surface area contributed by atoms with Crippen LogP contribution >= 0.6 is 0 Å². The summed E-state index contributed by atoms with van der Waals surface area (Å²) in [7, 11) is 0. The monoisotopic (exact) mass is 513 g/mol. The molecule has 2 amide bonds. The molecule has 1 aromatic carbocycles. The standard InChI is InChI=1S/C28H40FN5O3/c1-28(2,3)37-27(36)33-18-12-21(13-19-33)25-24(20-31-34(25)23-10-8-22(29)9-11-23)26(35)30-14-7-17-32-15-5-4-6-16-32/h8-11,20-21H,4-7,12-19H2,1-3H3,(H,30,35). The Balaban J connectivity index is 1.45. The number of hydrogen-bond acceptors (Lipinski definition) is 5. The van der Waals surface area contributed by atoms with Crippen LogP contribution < -0.4 is 5.32 Å². The third kappa shape index (κ3) is 7.31. The van der Waals surface area contributed by atoms with Crippen molar-refractivity contribution < 1.29 is 18.7 Å². The number of hydrogen-bond donors (Lipinski definition) is 1. The van der Waals surface area contributed by atoms with Crippen molar-refractivity contribution in [3.05, 3.63) is 47.5 Å². The largest absolute Gasteiger partial charge is 0.444 e. The van der Waals surface area contributed by atoms with Gasteiger partial charge >= 0.3 is 6.09 Å². The van der Waals surface area contributed by atoms with E-state index in [-0.39, 0.29) is 23.7 Å². The zero-order valence-electron chi connectivity index (χ0n) is 22.3. The van der Waals surface area contributed by atoms with E-state index in [4.69, 9.17) is 4.74 Å². The molecule has 4 rings (SSSR count). The second-order valence-corrected chi connectivity index (χ2v) is 11.1. The summed E-state index contributed by atoms with van der Waals surface area (Å²) in [4.78, 5) is 30.0. The van der Waals surface area contributed by atoms with Crippen LogP contribution in [0.1, 0.15) is 81.3 Å². The van der Waals surface area contributed by atoms with Crippen molar-refractivity contribution in [1.29, 1.82) is 0 Å². The van der Waals surface area contributed by atoms with Crippen molar-refractivity contribution in [2.45, 2.75) is 70.8 Å². The SMILES string of the molecule is CC(C)(C)OC(=O)N1CCC(c2c(C(=O)NCCCN3CCCCC3)cnn2-c2ccc(F)cc2)CC1. The predicted octanol–water partition coefficient (Wildman–Crippen LogP) is 4.73. The van der Waals surface area contributed by atoms with Crippen molar-refractivity contribution in [2.24, 2.45) is 0 Å². The van der Waals surface area contributed by atoms with Gasteiger partial charge in [-0.15, -0.1) is 0 Å². The maximum Gasteiger partial charge on any atom is 0.410 e. The number of carbonyl (C=O) groups is 2. The first kappa shape index (κ1) is 27.1. The molecule has 202 valence electrons. The minimum absolute atomic E-state index is 0.0281. The predicted molar refractivity (Wildman–Crippen MR) is 141 cm³/mol. The van der Waals surface area contributed by atoms with Crippen LogP contribution in [0.5, 0.6) is 0 Å². The van der Waals surface area contributed by atoms with Crippen LogP contribution in [-0.2, 0) is 4.74 Å². The smallest absolute Gasteiger partial charge is 0.410 e. The molecule has 0 radical (unpaired) electrons. The summed E-state index contributed by atoms with van der Waals surface area (Å²) in [6, 6.07) is 6.13. The zero-order valence-corrected chi connectivity index (χ0v) is 22.3. The highest BCUT2D eigenvalue weighted by molar-refractivity contribution is 5.95. The van der Waals surface area contributed by atoms with Gasteiger partial charge in [0.25, 0.3) is 5.91 Å². The lowest BCUT2D eigenvalue weighted by atomic mass is 9.91. The van der Waals surface area contributed by atoms with Crippen molar-refractivity contribution in [2.75, 3.05) is 39.3 Å². The van der Waals surface area contributed by atoms with E-state index in [0.717, 1.165) is 31.7 Å². The number of nitrogens with one attached hydrogen (secondary N) is 1. The molecule has 2 fully saturated rings. The molecule has 2 aliphatic rings. The molecule has 37 heavy (non-hydrogen) atoms. The highest BCUT2D eigenvalue weighted by Crippen LogP contribution is 2.33. The Kier molecular flexibility index (Phi) is 8.84. The Morgan fingerprint density at radius 1 is 1.05 bits per heavy atom. The van der Waals surface area contributed by atoms with E-state index < -0.39 is 5.60 Å². The number of aromatic nitrogens is 2. The van der Waals surface area contributed by atoms with Gasteiger partial charge in [-0.25, -0.2) is 13.9 Å². The Hall–Kier alpha value is -2.94. The molecule has 0 bridgehead atoms. The first-order chi connectivity index (χ1) is 17.7. The third-order valence-corrected chi connectivity index (χ3v) is 7.04. The van der Waals surface area contributed by atoms with Crippen LogP contribution in [0.25, 0.3) is 5.69 Å². The molecular weight excluding hydrogens is 473 g/mol. The van der Waals surface area contributed by atoms with Crippen molar-refractivity contribution in [3.63, 3.8) is 0 Å². The molecule has 8 nitrogen and oxygen atoms in total. The molecule has 0 spiro atoms. The topological polar surface area (TPSA) is 79.7 Å². The number of halogens is 1. The first-order valence-electron chi connectivity index (χ1n) is 13.5. The average molecular weight is 514 g/mol. The van der Waals surface area contributed by atoms with Crippen LogP contribution in [-0.4, -0.2) is 76.5 Å². The van der Waals surface area contributed by atoms with E-state index in [1.165, 1.54) is 31.4 Å². The summed E-state index contributed by atoms with van der Waals surface area (Å²) in [6.45, 7) is 10.5. The lowest BCUT2D eigenvalue weighted by Gasteiger charge is -2.34. The van der Waals surface area contributed by atoms with Crippen molar-refractivity contribution in [1.82, 2.24) is 24.9 Å². The number of likely N-dealkylation sites (tertiary alicyclic amines) is 2. The maximum atomic E-state index is 13.6. The van der Waals surface area contributed by atoms with E-state index >= 15 is 0 Å². The molecule has 2 aromatic rings. The van der Waals surface area contributed by atoms with E-state index in [2.05, 4.69) is 15.3 Å². The molecular formula is C28H40FN5O3. The van der Waals surface area contributed by atoms with Gasteiger partial charge in [-0.1, -0.05) is 6.42 Å². The van der Waals surface area contributed by atoms with Crippen LogP contribution in [0.15, 0.2) is 30.5 Å². The molecule has 0 saturated carbocycles. The number of carbonyl (C=O) groups excluding carboxylic acids is 2. The Labute approximate surface area is 219 Å². The molecule has 9 heteroatoms.